The minimum Gasteiger partial charge on any atom is -0.457 e. The minimum atomic E-state index is -0.187. The molecule has 122 valence electrons. The number of aromatic nitrogens is 2. The second-order valence-corrected chi connectivity index (χ2v) is 5.53. The van der Waals surface area contributed by atoms with Crippen molar-refractivity contribution in [3.8, 4) is 11.5 Å². The van der Waals surface area contributed by atoms with E-state index >= 15 is 0 Å². The van der Waals surface area contributed by atoms with E-state index in [0.29, 0.717) is 17.0 Å². The first kappa shape index (κ1) is 15.0. The minimum absolute atomic E-state index is 0.187. The number of para-hydroxylation sites is 1. The van der Waals surface area contributed by atoms with E-state index in [4.69, 9.17) is 4.74 Å². The van der Waals surface area contributed by atoms with Gasteiger partial charge >= 0.3 is 0 Å². The summed E-state index contributed by atoms with van der Waals surface area (Å²) in [5, 5.41) is 2.89. The van der Waals surface area contributed by atoms with Crippen molar-refractivity contribution in [1.29, 1.82) is 0 Å². The third-order valence-corrected chi connectivity index (χ3v) is 3.75. The van der Waals surface area contributed by atoms with Gasteiger partial charge in [0.25, 0.3) is 5.91 Å². The topological polar surface area (TPSA) is 67.0 Å². The first-order valence-corrected chi connectivity index (χ1v) is 7.85. The fourth-order valence-electron chi connectivity index (χ4n) is 2.54. The quantitative estimate of drug-likeness (QED) is 0.574. The zero-order chi connectivity index (χ0) is 17.1. The fourth-order valence-corrected chi connectivity index (χ4v) is 2.54. The van der Waals surface area contributed by atoms with Gasteiger partial charge in [-0.25, -0.2) is 4.98 Å². The van der Waals surface area contributed by atoms with Gasteiger partial charge in [0, 0.05) is 17.3 Å². The Hall–Kier alpha value is -3.60. The van der Waals surface area contributed by atoms with Gasteiger partial charge in [0.05, 0.1) is 17.4 Å². The maximum Gasteiger partial charge on any atom is 0.255 e. The second kappa shape index (κ2) is 6.49. The summed E-state index contributed by atoms with van der Waals surface area (Å²) in [7, 11) is 0. The predicted molar refractivity (Wildman–Crippen MR) is 97.0 cm³/mol. The number of fused-ring (bicyclic) bond motifs is 1. The molecular formula is C20H15N3O2. The Morgan fingerprint density at radius 3 is 2.64 bits per heavy atom. The average Bonchev–Trinajstić information content (AvgIpc) is 3.10. The highest BCUT2D eigenvalue weighted by atomic mass is 16.5. The van der Waals surface area contributed by atoms with Crippen LogP contribution in [0.25, 0.3) is 11.0 Å². The summed E-state index contributed by atoms with van der Waals surface area (Å²) < 4.78 is 5.79. The molecule has 3 aromatic carbocycles. The molecule has 4 rings (SSSR count). The van der Waals surface area contributed by atoms with Crippen molar-refractivity contribution in [3.63, 3.8) is 0 Å². The lowest BCUT2D eigenvalue weighted by Crippen LogP contribution is -2.11. The zero-order valence-corrected chi connectivity index (χ0v) is 13.3. The second-order valence-electron chi connectivity index (χ2n) is 5.53. The molecular weight excluding hydrogens is 314 g/mol. The average molecular weight is 329 g/mol. The van der Waals surface area contributed by atoms with Crippen LogP contribution >= 0.6 is 0 Å². The molecule has 0 spiro atoms. The summed E-state index contributed by atoms with van der Waals surface area (Å²) in [6.45, 7) is 0. The standard InChI is InChI=1S/C20H15N3O2/c24-20(14-9-10-18-19(11-14)22-13-21-18)23-15-5-4-8-17(12-15)25-16-6-2-1-3-7-16/h1-13H,(H,21,22)(H,23,24). The highest BCUT2D eigenvalue weighted by molar-refractivity contribution is 6.05. The molecule has 0 unspecified atom stereocenters. The molecule has 0 radical (unpaired) electrons. The summed E-state index contributed by atoms with van der Waals surface area (Å²) in [5.41, 5.74) is 2.89. The van der Waals surface area contributed by atoms with Gasteiger partial charge in [-0.15, -0.1) is 0 Å². The number of rotatable bonds is 4. The van der Waals surface area contributed by atoms with Crippen molar-refractivity contribution >= 4 is 22.6 Å². The van der Waals surface area contributed by atoms with Crippen LogP contribution in [0.3, 0.4) is 0 Å². The van der Waals surface area contributed by atoms with Crippen LogP contribution in [0, 0.1) is 0 Å². The Kier molecular flexibility index (Phi) is 3.88. The number of hydrogen-bond acceptors (Lipinski definition) is 3. The third kappa shape index (κ3) is 3.35. The number of nitrogens with one attached hydrogen (secondary N) is 2. The van der Waals surface area contributed by atoms with Crippen LogP contribution in [-0.4, -0.2) is 15.9 Å². The molecule has 1 amide bonds. The molecule has 5 nitrogen and oxygen atoms in total. The number of carbonyl (C=O) groups excluding carboxylic acids is 1. The van der Waals surface area contributed by atoms with Gasteiger partial charge in [0.2, 0.25) is 0 Å². The van der Waals surface area contributed by atoms with Crippen molar-refractivity contribution < 1.29 is 9.53 Å². The molecule has 0 fully saturated rings. The van der Waals surface area contributed by atoms with Gasteiger partial charge in [-0.05, 0) is 42.5 Å². The van der Waals surface area contributed by atoms with Gasteiger partial charge in [0.15, 0.2) is 0 Å². The smallest absolute Gasteiger partial charge is 0.255 e. The summed E-state index contributed by atoms with van der Waals surface area (Å²) in [5.74, 6) is 1.22. The SMILES string of the molecule is O=C(Nc1cccc(Oc2ccccc2)c1)c1ccc2nc[nH]c2c1. The molecule has 2 N–H and O–H groups in total. The summed E-state index contributed by atoms with van der Waals surface area (Å²) in [4.78, 5) is 19.6. The van der Waals surface area contributed by atoms with Crippen LogP contribution in [0.4, 0.5) is 5.69 Å². The Morgan fingerprint density at radius 2 is 1.76 bits per heavy atom. The van der Waals surface area contributed by atoms with E-state index in [1.165, 1.54) is 0 Å². The highest BCUT2D eigenvalue weighted by Gasteiger charge is 2.08. The normalized spacial score (nSPS) is 10.6. The van der Waals surface area contributed by atoms with Crippen LogP contribution in [-0.2, 0) is 0 Å². The molecule has 0 bridgehead atoms. The number of imidazole rings is 1. The number of anilines is 1. The molecule has 0 saturated carbocycles. The zero-order valence-electron chi connectivity index (χ0n) is 13.3. The number of ether oxygens (including phenoxy) is 1. The lowest BCUT2D eigenvalue weighted by atomic mass is 10.2. The van der Waals surface area contributed by atoms with E-state index in [-0.39, 0.29) is 5.91 Å². The molecule has 0 aliphatic heterocycles. The Labute approximate surface area is 144 Å². The summed E-state index contributed by atoms with van der Waals surface area (Å²) in [6.07, 6.45) is 1.61. The van der Waals surface area contributed by atoms with E-state index < -0.39 is 0 Å². The van der Waals surface area contributed by atoms with E-state index in [1.807, 2.05) is 54.6 Å². The molecule has 4 aromatic rings. The molecule has 0 aliphatic rings. The molecule has 1 aromatic heterocycles. The molecule has 0 saturated heterocycles. The van der Waals surface area contributed by atoms with Crippen LogP contribution < -0.4 is 10.1 Å². The van der Waals surface area contributed by atoms with Crippen molar-refractivity contribution in [2.75, 3.05) is 5.32 Å². The van der Waals surface area contributed by atoms with Gasteiger partial charge < -0.3 is 15.0 Å². The number of benzene rings is 3. The Balaban J connectivity index is 1.52. The van der Waals surface area contributed by atoms with Crippen molar-refractivity contribution in [2.24, 2.45) is 0 Å². The van der Waals surface area contributed by atoms with E-state index in [1.54, 1.807) is 24.5 Å². The largest absolute Gasteiger partial charge is 0.457 e. The lowest BCUT2D eigenvalue weighted by Gasteiger charge is -2.09. The fraction of sp³-hybridized carbons (Fsp3) is 0. The molecule has 0 atom stereocenters. The number of nitrogens with zero attached hydrogens (tertiary/aromatic N) is 1. The maximum atomic E-state index is 12.5. The number of carbonyl (C=O) groups is 1. The Morgan fingerprint density at radius 1 is 0.920 bits per heavy atom. The maximum absolute atomic E-state index is 12.5. The highest BCUT2D eigenvalue weighted by Crippen LogP contribution is 2.24. The lowest BCUT2D eigenvalue weighted by molar-refractivity contribution is 0.102. The van der Waals surface area contributed by atoms with Gasteiger partial charge in [-0.2, -0.15) is 0 Å². The summed E-state index contributed by atoms with van der Waals surface area (Å²) in [6, 6.07) is 22.2. The first-order valence-electron chi connectivity index (χ1n) is 7.85. The van der Waals surface area contributed by atoms with Crippen molar-refractivity contribution in [1.82, 2.24) is 9.97 Å². The number of H-pyrrole nitrogens is 1. The first-order chi connectivity index (χ1) is 12.3. The Bertz CT molecular complexity index is 1030. The molecule has 0 aliphatic carbocycles. The van der Waals surface area contributed by atoms with Crippen molar-refractivity contribution in [3.05, 3.63) is 84.7 Å². The van der Waals surface area contributed by atoms with Gasteiger partial charge in [0.1, 0.15) is 11.5 Å². The monoisotopic (exact) mass is 329 g/mol. The summed E-state index contributed by atoms with van der Waals surface area (Å²) >= 11 is 0. The van der Waals surface area contributed by atoms with Crippen LogP contribution in [0.1, 0.15) is 10.4 Å². The predicted octanol–water partition coefficient (Wildman–Crippen LogP) is 4.61. The van der Waals surface area contributed by atoms with Crippen LogP contribution in [0.2, 0.25) is 0 Å². The van der Waals surface area contributed by atoms with E-state index in [2.05, 4.69) is 15.3 Å². The van der Waals surface area contributed by atoms with E-state index in [0.717, 1.165) is 16.8 Å². The molecule has 5 heteroatoms. The van der Waals surface area contributed by atoms with Gasteiger partial charge in [-0.1, -0.05) is 24.3 Å². The van der Waals surface area contributed by atoms with Crippen LogP contribution in [0.15, 0.2) is 79.1 Å². The van der Waals surface area contributed by atoms with Crippen LogP contribution in [0.5, 0.6) is 11.5 Å². The van der Waals surface area contributed by atoms with E-state index in [9.17, 15) is 4.79 Å². The molecule has 25 heavy (non-hydrogen) atoms. The van der Waals surface area contributed by atoms with Crippen molar-refractivity contribution in [2.45, 2.75) is 0 Å². The number of aromatic amines is 1. The molecule has 1 heterocycles. The number of amides is 1. The van der Waals surface area contributed by atoms with Gasteiger partial charge in [-0.3, -0.25) is 4.79 Å². The third-order valence-electron chi connectivity index (χ3n) is 3.75. The number of hydrogen-bond donors (Lipinski definition) is 2.